The van der Waals surface area contributed by atoms with E-state index in [9.17, 15) is 14.7 Å². The van der Waals surface area contributed by atoms with Crippen molar-refractivity contribution in [2.24, 2.45) is 0 Å². The monoisotopic (exact) mass is 294 g/mol. The minimum Gasteiger partial charge on any atom is -0.481 e. The second kappa shape index (κ2) is 9.13. The van der Waals surface area contributed by atoms with Crippen molar-refractivity contribution in [3.05, 3.63) is 35.4 Å². The first-order valence-corrected chi connectivity index (χ1v) is 7.21. The Bertz CT molecular complexity index is 469. The standard InChI is InChI=1S/C16H22O5/c1-2-3-9-14(21-11-6-10-15(17)18)12-7-4-5-8-13(12)16(19)20/h4-5,7-8,14H,2-3,6,9-11H2,1H3,(H,17,18)(H,19,20). The number of aromatic carboxylic acids is 1. The average Bonchev–Trinajstić information content (AvgIpc) is 2.46. The summed E-state index contributed by atoms with van der Waals surface area (Å²) in [6, 6.07) is 6.81. The van der Waals surface area contributed by atoms with Crippen molar-refractivity contribution < 1.29 is 24.5 Å². The predicted octanol–water partition coefficient (Wildman–Crippen LogP) is 3.50. The SMILES string of the molecule is CCCCC(OCCCC(=O)O)c1ccccc1C(=O)O. The van der Waals surface area contributed by atoms with Crippen molar-refractivity contribution in [2.45, 2.75) is 45.1 Å². The molecule has 2 N–H and O–H groups in total. The summed E-state index contributed by atoms with van der Waals surface area (Å²) in [5.41, 5.74) is 0.908. The van der Waals surface area contributed by atoms with Crippen LogP contribution in [0.1, 0.15) is 61.1 Å². The molecular weight excluding hydrogens is 272 g/mol. The molecule has 1 aromatic rings. The minimum absolute atomic E-state index is 0.0566. The lowest BCUT2D eigenvalue weighted by atomic mass is 9.98. The number of hydrogen-bond donors (Lipinski definition) is 2. The zero-order valence-corrected chi connectivity index (χ0v) is 12.2. The highest BCUT2D eigenvalue weighted by Crippen LogP contribution is 2.27. The molecule has 1 rings (SSSR count). The first kappa shape index (κ1) is 17.2. The van der Waals surface area contributed by atoms with Gasteiger partial charge in [-0.1, -0.05) is 38.0 Å². The van der Waals surface area contributed by atoms with Crippen molar-refractivity contribution in [3.8, 4) is 0 Å². The molecule has 0 bridgehead atoms. The fourth-order valence-corrected chi connectivity index (χ4v) is 2.14. The topological polar surface area (TPSA) is 83.8 Å². The minimum atomic E-state index is -0.971. The van der Waals surface area contributed by atoms with Gasteiger partial charge in [-0.25, -0.2) is 4.79 Å². The quantitative estimate of drug-likeness (QED) is 0.645. The highest BCUT2D eigenvalue weighted by atomic mass is 16.5. The maximum Gasteiger partial charge on any atom is 0.336 e. The third kappa shape index (κ3) is 5.95. The summed E-state index contributed by atoms with van der Waals surface area (Å²) in [6.45, 7) is 2.37. The van der Waals surface area contributed by atoms with E-state index in [2.05, 4.69) is 6.92 Å². The van der Waals surface area contributed by atoms with E-state index in [0.717, 1.165) is 19.3 Å². The van der Waals surface area contributed by atoms with Gasteiger partial charge in [0.15, 0.2) is 0 Å². The molecular formula is C16H22O5. The Labute approximate surface area is 124 Å². The zero-order valence-electron chi connectivity index (χ0n) is 12.2. The highest BCUT2D eigenvalue weighted by molar-refractivity contribution is 5.89. The Morgan fingerprint density at radius 3 is 2.52 bits per heavy atom. The molecule has 0 aliphatic carbocycles. The lowest BCUT2D eigenvalue weighted by molar-refractivity contribution is -0.137. The molecule has 5 nitrogen and oxygen atoms in total. The Hall–Kier alpha value is -1.88. The van der Waals surface area contributed by atoms with Crippen LogP contribution in [0.15, 0.2) is 24.3 Å². The number of carboxylic acid groups (broad SMARTS) is 2. The maximum absolute atomic E-state index is 11.3. The second-order valence-electron chi connectivity index (χ2n) is 4.89. The molecule has 0 aromatic heterocycles. The van der Waals surface area contributed by atoms with E-state index >= 15 is 0 Å². The van der Waals surface area contributed by atoms with Crippen LogP contribution in [-0.4, -0.2) is 28.8 Å². The first-order chi connectivity index (χ1) is 10.1. The summed E-state index contributed by atoms with van der Waals surface area (Å²) in [6.07, 6.45) is 2.83. The molecule has 0 saturated heterocycles. The number of hydrogen-bond acceptors (Lipinski definition) is 3. The van der Waals surface area contributed by atoms with E-state index in [1.165, 1.54) is 0 Å². The van der Waals surface area contributed by atoms with Gasteiger partial charge in [-0.05, 0) is 24.5 Å². The Kier molecular flexibility index (Phi) is 7.46. The third-order valence-electron chi connectivity index (χ3n) is 3.21. The van der Waals surface area contributed by atoms with Crippen LogP contribution in [0.25, 0.3) is 0 Å². The van der Waals surface area contributed by atoms with Crippen LogP contribution in [0.4, 0.5) is 0 Å². The third-order valence-corrected chi connectivity index (χ3v) is 3.21. The summed E-state index contributed by atoms with van der Waals surface area (Å²) in [4.78, 5) is 21.8. The molecule has 1 unspecified atom stereocenters. The van der Waals surface area contributed by atoms with Crippen molar-refractivity contribution >= 4 is 11.9 Å². The highest BCUT2D eigenvalue weighted by Gasteiger charge is 2.18. The van der Waals surface area contributed by atoms with Gasteiger partial charge in [-0.2, -0.15) is 0 Å². The van der Waals surface area contributed by atoms with E-state index in [1.54, 1.807) is 24.3 Å². The number of carbonyl (C=O) groups is 2. The first-order valence-electron chi connectivity index (χ1n) is 7.21. The fourth-order valence-electron chi connectivity index (χ4n) is 2.14. The van der Waals surface area contributed by atoms with Crippen LogP contribution < -0.4 is 0 Å². The van der Waals surface area contributed by atoms with Gasteiger partial charge >= 0.3 is 11.9 Å². The van der Waals surface area contributed by atoms with Crippen LogP contribution in [0.2, 0.25) is 0 Å². The largest absolute Gasteiger partial charge is 0.481 e. The van der Waals surface area contributed by atoms with Crippen LogP contribution in [0.5, 0.6) is 0 Å². The molecule has 5 heteroatoms. The molecule has 0 spiro atoms. The molecule has 1 aromatic carbocycles. The number of aliphatic carboxylic acids is 1. The summed E-state index contributed by atoms with van der Waals surface area (Å²) < 4.78 is 5.74. The summed E-state index contributed by atoms with van der Waals surface area (Å²) in [5.74, 6) is -1.82. The Morgan fingerprint density at radius 1 is 1.19 bits per heavy atom. The van der Waals surface area contributed by atoms with Gasteiger partial charge in [-0.15, -0.1) is 0 Å². The predicted molar refractivity (Wildman–Crippen MR) is 78.5 cm³/mol. The van der Waals surface area contributed by atoms with Gasteiger partial charge in [0, 0.05) is 13.0 Å². The Morgan fingerprint density at radius 2 is 1.90 bits per heavy atom. The van der Waals surface area contributed by atoms with Gasteiger partial charge in [0.25, 0.3) is 0 Å². The lowest BCUT2D eigenvalue weighted by Gasteiger charge is -2.20. The van der Waals surface area contributed by atoms with Gasteiger partial charge in [0.2, 0.25) is 0 Å². The molecule has 0 saturated carbocycles. The molecule has 0 radical (unpaired) electrons. The normalized spacial score (nSPS) is 12.0. The van der Waals surface area contributed by atoms with Crippen molar-refractivity contribution in [1.82, 2.24) is 0 Å². The van der Waals surface area contributed by atoms with E-state index in [1.807, 2.05) is 0 Å². The number of ether oxygens (including phenoxy) is 1. The van der Waals surface area contributed by atoms with Crippen molar-refractivity contribution in [3.63, 3.8) is 0 Å². The molecule has 1 atom stereocenters. The molecule has 0 aliphatic rings. The number of benzene rings is 1. The van der Waals surface area contributed by atoms with Gasteiger partial charge in [-0.3, -0.25) is 4.79 Å². The van der Waals surface area contributed by atoms with Gasteiger partial charge in [0.05, 0.1) is 11.7 Å². The van der Waals surface area contributed by atoms with Gasteiger partial charge < -0.3 is 14.9 Å². The van der Waals surface area contributed by atoms with Crippen LogP contribution in [0, 0.1) is 0 Å². The molecule has 0 aliphatic heterocycles. The lowest BCUT2D eigenvalue weighted by Crippen LogP contribution is -2.12. The molecule has 0 fully saturated rings. The van der Waals surface area contributed by atoms with Crippen molar-refractivity contribution in [2.75, 3.05) is 6.61 Å². The van der Waals surface area contributed by atoms with Crippen LogP contribution >= 0.6 is 0 Å². The number of rotatable bonds is 10. The zero-order chi connectivity index (χ0) is 15.7. The van der Waals surface area contributed by atoms with E-state index < -0.39 is 11.9 Å². The van der Waals surface area contributed by atoms with Crippen molar-refractivity contribution in [1.29, 1.82) is 0 Å². The van der Waals surface area contributed by atoms with E-state index in [4.69, 9.17) is 9.84 Å². The molecule has 0 amide bonds. The summed E-state index contributed by atoms with van der Waals surface area (Å²) >= 11 is 0. The number of carboxylic acids is 2. The molecule has 21 heavy (non-hydrogen) atoms. The summed E-state index contributed by atoms with van der Waals surface area (Å²) in [7, 11) is 0. The van der Waals surface area contributed by atoms with Gasteiger partial charge in [0.1, 0.15) is 0 Å². The maximum atomic E-state index is 11.3. The Balaban J connectivity index is 2.76. The summed E-state index contributed by atoms with van der Waals surface area (Å²) in [5, 5.41) is 17.9. The number of unbranched alkanes of at least 4 members (excludes halogenated alkanes) is 1. The second-order valence-corrected chi connectivity index (χ2v) is 4.89. The van der Waals surface area contributed by atoms with E-state index in [0.29, 0.717) is 18.6 Å². The average molecular weight is 294 g/mol. The smallest absolute Gasteiger partial charge is 0.336 e. The van der Waals surface area contributed by atoms with Crippen LogP contribution in [-0.2, 0) is 9.53 Å². The molecule has 0 heterocycles. The van der Waals surface area contributed by atoms with Crippen LogP contribution in [0.3, 0.4) is 0 Å². The molecule has 116 valence electrons. The van der Waals surface area contributed by atoms with E-state index in [-0.39, 0.29) is 18.1 Å². The fraction of sp³-hybridized carbons (Fsp3) is 0.500.